The van der Waals surface area contributed by atoms with E-state index in [-0.39, 0.29) is 30.6 Å². The smallest absolute Gasteiger partial charge is 0.321 e. The lowest BCUT2D eigenvalue weighted by Gasteiger charge is -2.40. The van der Waals surface area contributed by atoms with Crippen LogP contribution >= 0.6 is 0 Å². The SMILES string of the molecule is O=C(NCc1ccc2c(c1)OCO2)C(C1CCCC1)N1CCN(C(=O)Nc2ccc(F)cc2)CC1. The number of carbonyl (C=O) groups excluding carboxylic acids is 2. The fourth-order valence-electron chi connectivity index (χ4n) is 5.23. The summed E-state index contributed by atoms with van der Waals surface area (Å²) in [6.07, 6.45) is 4.40. The molecule has 8 nitrogen and oxygen atoms in total. The molecule has 1 saturated heterocycles. The molecular weight excluding hydrogens is 451 g/mol. The lowest BCUT2D eigenvalue weighted by Crippen LogP contribution is -2.58. The van der Waals surface area contributed by atoms with Gasteiger partial charge in [0, 0.05) is 38.4 Å². The van der Waals surface area contributed by atoms with E-state index in [4.69, 9.17) is 9.47 Å². The molecule has 3 amide bonds. The third-order valence-electron chi connectivity index (χ3n) is 7.11. The Labute approximate surface area is 204 Å². The Morgan fingerprint density at radius 2 is 1.69 bits per heavy atom. The summed E-state index contributed by atoms with van der Waals surface area (Å²) in [5, 5.41) is 5.96. The minimum Gasteiger partial charge on any atom is -0.454 e. The Balaban J connectivity index is 1.18. The number of anilines is 1. The van der Waals surface area contributed by atoms with Crippen molar-refractivity contribution in [3.63, 3.8) is 0 Å². The number of urea groups is 1. The number of halogens is 1. The van der Waals surface area contributed by atoms with Gasteiger partial charge in [0.05, 0.1) is 6.04 Å². The Kier molecular flexibility index (Phi) is 7.03. The summed E-state index contributed by atoms with van der Waals surface area (Å²) in [6, 6.07) is 11.0. The van der Waals surface area contributed by atoms with Crippen molar-refractivity contribution >= 4 is 17.6 Å². The molecule has 1 aliphatic carbocycles. The molecule has 35 heavy (non-hydrogen) atoms. The fraction of sp³-hybridized carbons (Fsp3) is 0.462. The first-order chi connectivity index (χ1) is 17.1. The van der Waals surface area contributed by atoms with E-state index in [1.807, 2.05) is 18.2 Å². The first-order valence-corrected chi connectivity index (χ1v) is 12.3. The molecule has 2 fully saturated rings. The van der Waals surface area contributed by atoms with Crippen molar-refractivity contribution < 1.29 is 23.5 Å². The Morgan fingerprint density at radius 1 is 0.971 bits per heavy atom. The molecule has 186 valence electrons. The van der Waals surface area contributed by atoms with E-state index < -0.39 is 0 Å². The predicted octanol–water partition coefficient (Wildman–Crippen LogP) is 3.58. The van der Waals surface area contributed by atoms with Gasteiger partial charge in [-0.05, 0) is 60.7 Å². The van der Waals surface area contributed by atoms with Gasteiger partial charge in [0.15, 0.2) is 11.5 Å². The number of carbonyl (C=O) groups is 2. The van der Waals surface area contributed by atoms with Gasteiger partial charge in [0.25, 0.3) is 0 Å². The highest BCUT2D eigenvalue weighted by atomic mass is 19.1. The Hall–Kier alpha value is -3.33. The van der Waals surface area contributed by atoms with Crippen LogP contribution in [0.4, 0.5) is 14.9 Å². The van der Waals surface area contributed by atoms with E-state index in [0.717, 1.165) is 37.0 Å². The van der Waals surface area contributed by atoms with Crippen LogP contribution in [-0.4, -0.2) is 60.8 Å². The third kappa shape index (κ3) is 5.51. The van der Waals surface area contributed by atoms with Crippen LogP contribution in [-0.2, 0) is 11.3 Å². The topological polar surface area (TPSA) is 83.1 Å². The average Bonchev–Trinajstić information content (AvgIpc) is 3.57. The highest BCUT2D eigenvalue weighted by molar-refractivity contribution is 5.89. The van der Waals surface area contributed by atoms with E-state index >= 15 is 0 Å². The van der Waals surface area contributed by atoms with Crippen LogP contribution in [0.25, 0.3) is 0 Å². The summed E-state index contributed by atoms with van der Waals surface area (Å²) in [5.74, 6) is 1.46. The number of amides is 3. The van der Waals surface area contributed by atoms with Gasteiger partial charge in [-0.3, -0.25) is 9.69 Å². The molecule has 9 heteroatoms. The van der Waals surface area contributed by atoms with E-state index in [1.54, 1.807) is 17.0 Å². The first kappa shape index (κ1) is 23.4. The predicted molar refractivity (Wildman–Crippen MR) is 129 cm³/mol. The van der Waals surface area contributed by atoms with Crippen molar-refractivity contribution in [1.29, 1.82) is 0 Å². The number of hydrogen-bond donors (Lipinski definition) is 2. The maximum atomic E-state index is 13.4. The van der Waals surface area contributed by atoms with Crippen LogP contribution in [0.2, 0.25) is 0 Å². The monoisotopic (exact) mass is 482 g/mol. The summed E-state index contributed by atoms with van der Waals surface area (Å²) in [7, 11) is 0. The second-order valence-electron chi connectivity index (χ2n) is 9.35. The summed E-state index contributed by atoms with van der Waals surface area (Å²) >= 11 is 0. The minimum atomic E-state index is -0.341. The molecule has 1 unspecified atom stereocenters. The molecule has 5 rings (SSSR count). The molecule has 2 aromatic rings. The van der Waals surface area contributed by atoms with Crippen LogP contribution in [0.1, 0.15) is 31.2 Å². The van der Waals surface area contributed by atoms with E-state index in [1.165, 1.54) is 12.1 Å². The highest BCUT2D eigenvalue weighted by Crippen LogP contribution is 2.33. The van der Waals surface area contributed by atoms with E-state index in [9.17, 15) is 14.0 Å². The number of piperazine rings is 1. The van der Waals surface area contributed by atoms with E-state index in [2.05, 4.69) is 15.5 Å². The number of hydrogen-bond acceptors (Lipinski definition) is 5. The highest BCUT2D eigenvalue weighted by Gasteiger charge is 2.37. The molecule has 3 aliphatic rings. The number of fused-ring (bicyclic) bond motifs is 1. The standard InChI is InChI=1S/C26H31FN4O4/c27-20-6-8-21(9-7-20)29-26(33)31-13-11-30(12-14-31)24(19-3-1-2-4-19)25(32)28-16-18-5-10-22-23(15-18)35-17-34-22/h5-10,15,19,24H,1-4,11-14,16-17H2,(H,28,32)(H,29,33). The molecule has 1 atom stereocenters. The fourth-order valence-corrected chi connectivity index (χ4v) is 5.23. The normalized spacial score (nSPS) is 18.9. The summed E-state index contributed by atoms with van der Waals surface area (Å²) in [4.78, 5) is 30.0. The van der Waals surface area contributed by atoms with Gasteiger partial charge in [-0.15, -0.1) is 0 Å². The van der Waals surface area contributed by atoms with Crippen LogP contribution in [0.15, 0.2) is 42.5 Å². The zero-order valence-electron chi connectivity index (χ0n) is 19.7. The molecule has 2 N–H and O–H groups in total. The molecule has 0 bridgehead atoms. The molecule has 1 saturated carbocycles. The van der Waals surface area contributed by atoms with Crippen LogP contribution in [0.3, 0.4) is 0 Å². The lowest BCUT2D eigenvalue weighted by molar-refractivity contribution is -0.129. The van der Waals surface area contributed by atoms with Crippen LogP contribution in [0.5, 0.6) is 11.5 Å². The first-order valence-electron chi connectivity index (χ1n) is 12.3. The molecule has 2 heterocycles. The quantitative estimate of drug-likeness (QED) is 0.658. The Morgan fingerprint density at radius 3 is 2.43 bits per heavy atom. The van der Waals surface area contributed by atoms with Gasteiger partial charge in [0.2, 0.25) is 12.7 Å². The number of nitrogens with zero attached hydrogens (tertiary/aromatic N) is 2. The molecule has 2 aromatic carbocycles. The molecule has 2 aliphatic heterocycles. The Bertz CT molecular complexity index is 1050. The number of rotatable bonds is 6. The van der Waals surface area contributed by atoms with Crippen molar-refractivity contribution in [1.82, 2.24) is 15.1 Å². The molecular formula is C26H31FN4O4. The average molecular weight is 483 g/mol. The molecule has 0 spiro atoms. The number of ether oxygens (including phenoxy) is 2. The van der Waals surface area contributed by atoms with Gasteiger partial charge in [0.1, 0.15) is 5.82 Å². The largest absolute Gasteiger partial charge is 0.454 e. The third-order valence-corrected chi connectivity index (χ3v) is 7.11. The molecule has 0 aromatic heterocycles. The second kappa shape index (κ2) is 10.5. The van der Waals surface area contributed by atoms with E-state index in [0.29, 0.717) is 50.1 Å². The van der Waals surface area contributed by atoms with Crippen molar-refractivity contribution in [3.05, 3.63) is 53.8 Å². The summed E-state index contributed by atoms with van der Waals surface area (Å²) in [5.41, 5.74) is 1.53. The molecule has 0 radical (unpaired) electrons. The lowest BCUT2D eigenvalue weighted by atomic mass is 9.95. The van der Waals surface area contributed by atoms with Crippen LogP contribution < -0.4 is 20.1 Å². The van der Waals surface area contributed by atoms with Gasteiger partial charge in [-0.1, -0.05) is 18.9 Å². The summed E-state index contributed by atoms with van der Waals surface area (Å²) in [6.45, 7) is 2.99. The number of benzene rings is 2. The van der Waals surface area contributed by atoms with Crippen molar-refractivity contribution in [2.45, 2.75) is 38.3 Å². The second-order valence-corrected chi connectivity index (χ2v) is 9.35. The van der Waals surface area contributed by atoms with Gasteiger partial charge >= 0.3 is 6.03 Å². The van der Waals surface area contributed by atoms with Crippen molar-refractivity contribution in [2.24, 2.45) is 5.92 Å². The van der Waals surface area contributed by atoms with Crippen LogP contribution in [0, 0.1) is 11.7 Å². The van der Waals surface area contributed by atoms with Crippen molar-refractivity contribution in [3.8, 4) is 11.5 Å². The van der Waals surface area contributed by atoms with Gasteiger partial charge < -0.3 is 25.0 Å². The maximum Gasteiger partial charge on any atom is 0.321 e. The number of nitrogens with one attached hydrogen (secondary N) is 2. The van der Waals surface area contributed by atoms with Gasteiger partial charge in [-0.2, -0.15) is 0 Å². The maximum absolute atomic E-state index is 13.4. The van der Waals surface area contributed by atoms with Gasteiger partial charge in [-0.25, -0.2) is 9.18 Å². The zero-order valence-corrected chi connectivity index (χ0v) is 19.7. The van der Waals surface area contributed by atoms with Crippen molar-refractivity contribution in [2.75, 3.05) is 38.3 Å². The zero-order chi connectivity index (χ0) is 24.2. The minimum absolute atomic E-state index is 0.0405. The summed E-state index contributed by atoms with van der Waals surface area (Å²) < 4.78 is 23.9.